The zero-order valence-electron chi connectivity index (χ0n) is 26.7. The molecule has 0 amide bonds. The summed E-state index contributed by atoms with van der Waals surface area (Å²) in [6, 6.07) is 56.9. The Hall–Kier alpha value is -6.43. The minimum atomic E-state index is 0.566. The van der Waals surface area contributed by atoms with Crippen LogP contribution in [0.15, 0.2) is 168 Å². The van der Waals surface area contributed by atoms with E-state index in [0.717, 1.165) is 55.3 Å². The minimum absolute atomic E-state index is 0.566. The molecule has 10 aromatic rings. The van der Waals surface area contributed by atoms with Gasteiger partial charge in [-0.3, -0.25) is 0 Å². The summed E-state index contributed by atoms with van der Waals surface area (Å²) in [7, 11) is 0. The third-order valence-electron chi connectivity index (χ3n) is 9.39. The average Bonchev–Trinajstić information content (AvgIpc) is 3.76. The monoisotopic (exact) mass is 657 g/mol. The van der Waals surface area contributed by atoms with Gasteiger partial charge in [-0.05, 0) is 52.6 Å². The van der Waals surface area contributed by atoms with Gasteiger partial charge in [0.05, 0.1) is 5.56 Å². The quantitative estimate of drug-likeness (QED) is 0.185. The van der Waals surface area contributed by atoms with Crippen molar-refractivity contribution in [2.45, 2.75) is 0 Å². The topological polar surface area (TPSA) is 51.8 Å². The molecule has 50 heavy (non-hydrogen) atoms. The lowest BCUT2D eigenvalue weighted by Gasteiger charge is -2.12. The molecule has 4 nitrogen and oxygen atoms in total. The molecule has 0 fully saturated rings. The molecule has 3 heterocycles. The lowest BCUT2D eigenvalue weighted by Crippen LogP contribution is -2.01. The van der Waals surface area contributed by atoms with Crippen molar-refractivity contribution in [2.75, 3.05) is 0 Å². The number of hydrogen-bond acceptors (Lipinski definition) is 5. The van der Waals surface area contributed by atoms with Crippen molar-refractivity contribution >= 4 is 53.4 Å². The number of para-hydroxylation sites is 2. The molecule has 234 valence electrons. The Morgan fingerprint density at radius 3 is 1.82 bits per heavy atom. The third-order valence-corrected chi connectivity index (χ3v) is 10.5. The Morgan fingerprint density at radius 1 is 0.360 bits per heavy atom. The second-order valence-electron chi connectivity index (χ2n) is 12.4. The molecule has 0 saturated heterocycles. The van der Waals surface area contributed by atoms with Crippen molar-refractivity contribution in [1.82, 2.24) is 15.0 Å². The predicted octanol–water partition coefficient (Wildman–Crippen LogP) is 12.5. The van der Waals surface area contributed by atoms with Crippen LogP contribution >= 0.6 is 11.3 Å². The highest BCUT2D eigenvalue weighted by Gasteiger charge is 2.19. The highest BCUT2D eigenvalue weighted by Crippen LogP contribution is 2.39. The molecular weight excluding hydrogens is 631 g/mol. The van der Waals surface area contributed by atoms with Crippen molar-refractivity contribution < 1.29 is 4.42 Å². The van der Waals surface area contributed by atoms with Gasteiger partial charge in [0.25, 0.3) is 0 Å². The largest absolute Gasteiger partial charge is 0.455 e. The van der Waals surface area contributed by atoms with E-state index in [2.05, 4.69) is 121 Å². The summed E-state index contributed by atoms with van der Waals surface area (Å²) in [5.41, 5.74) is 8.76. The van der Waals surface area contributed by atoms with Crippen molar-refractivity contribution in [2.24, 2.45) is 0 Å². The van der Waals surface area contributed by atoms with E-state index >= 15 is 0 Å². The number of benzene rings is 7. The maximum absolute atomic E-state index is 6.44. The molecule has 0 saturated carbocycles. The average molecular weight is 658 g/mol. The van der Waals surface area contributed by atoms with Gasteiger partial charge >= 0.3 is 0 Å². The van der Waals surface area contributed by atoms with E-state index in [0.29, 0.717) is 17.5 Å². The zero-order chi connectivity index (χ0) is 33.0. The fraction of sp³-hybridized carbons (Fsp3) is 0. The van der Waals surface area contributed by atoms with Crippen LogP contribution in [-0.4, -0.2) is 15.0 Å². The molecule has 0 aliphatic heterocycles. The summed E-state index contributed by atoms with van der Waals surface area (Å²) in [4.78, 5) is 15.4. The van der Waals surface area contributed by atoms with E-state index in [9.17, 15) is 0 Å². The number of thiophene rings is 1. The van der Waals surface area contributed by atoms with Crippen LogP contribution < -0.4 is 0 Å². The maximum atomic E-state index is 6.44. The normalized spacial score (nSPS) is 11.6. The van der Waals surface area contributed by atoms with Crippen molar-refractivity contribution in [3.05, 3.63) is 164 Å². The number of hydrogen-bond donors (Lipinski definition) is 0. The molecule has 0 unspecified atom stereocenters. The summed E-state index contributed by atoms with van der Waals surface area (Å²) >= 11 is 1.84. The molecule has 0 atom stereocenters. The van der Waals surface area contributed by atoms with Crippen LogP contribution in [0.3, 0.4) is 0 Å². The van der Waals surface area contributed by atoms with Gasteiger partial charge < -0.3 is 4.42 Å². The molecule has 5 heteroatoms. The first-order valence-electron chi connectivity index (χ1n) is 16.6. The van der Waals surface area contributed by atoms with Crippen molar-refractivity contribution in [3.8, 4) is 56.4 Å². The summed E-state index contributed by atoms with van der Waals surface area (Å²) in [6.07, 6.45) is 0. The van der Waals surface area contributed by atoms with Crippen LogP contribution in [0.4, 0.5) is 0 Å². The van der Waals surface area contributed by atoms with Gasteiger partial charge in [-0.25, -0.2) is 15.0 Å². The van der Waals surface area contributed by atoms with Gasteiger partial charge in [-0.1, -0.05) is 133 Å². The molecular formula is C45H27N3OS. The Kier molecular flexibility index (Phi) is 6.64. The van der Waals surface area contributed by atoms with Crippen LogP contribution in [0, 0.1) is 0 Å². The summed E-state index contributed by atoms with van der Waals surface area (Å²) in [5.74, 6) is 1.78. The van der Waals surface area contributed by atoms with E-state index in [1.165, 1.54) is 25.7 Å². The number of nitrogens with zero attached hydrogens (tertiary/aromatic N) is 3. The number of furan rings is 1. The molecule has 0 radical (unpaired) electrons. The third kappa shape index (κ3) is 4.79. The molecule has 10 rings (SSSR count). The summed E-state index contributed by atoms with van der Waals surface area (Å²) in [5, 5.41) is 4.69. The van der Waals surface area contributed by atoms with Crippen LogP contribution in [0.2, 0.25) is 0 Å². The Morgan fingerprint density at radius 2 is 0.960 bits per heavy atom. The Balaban J connectivity index is 1.13. The molecule has 0 spiro atoms. The molecule has 0 aliphatic rings. The smallest absolute Gasteiger partial charge is 0.167 e. The number of aromatic nitrogens is 3. The molecule has 0 N–H and O–H groups in total. The zero-order valence-corrected chi connectivity index (χ0v) is 27.6. The Labute approximate surface area is 292 Å². The van der Waals surface area contributed by atoms with Gasteiger partial charge in [-0.2, -0.15) is 0 Å². The first-order chi connectivity index (χ1) is 24.8. The van der Waals surface area contributed by atoms with Crippen LogP contribution in [0.1, 0.15) is 0 Å². The highest BCUT2D eigenvalue weighted by atomic mass is 32.1. The van der Waals surface area contributed by atoms with Gasteiger partial charge in [0.2, 0.25) is 0 Å². The van der Waals surface area contributed by atoms with E-state index in [1.54, 1.807) is 0 Å². The van der Waals surface area contributed by atoms with Gasteiger partial charge in [0.1, 0.15) is 11.2 Å². The molecule has 7 aromatic carbocycles. The second kappa shape index (κ2) is 11.6. The standard InChI is InChI=1S/C45H27N3OS/c1-2-11-29(12-3-1)32-13-4-5-16-36(32)44-46-43(47-45(48-44)37-18-10-17-35-33-14-6-8-19-39(33)49-42(35)37)30-23-21-28(22-24-30)31-25-26-41-38(27-31)34-15-7-9-20-40(34)50-41/h1-27H. The predicted molar refractivity (Wildman–Crippen MR) is 207 cm³/mol. The lowest BCUT2D eigenvalue weighted by atomic mass is 9.99. The highest BCUT2D eigenvalue weighted by molar-refractivity contribution is 7.25. The van der Waals surface area contributed by atoms with E-state index in [4.69, 9.17) is 19.4 Å². The van der Waals surface area contributed by atoms with Crippen molar-refractivity contribution in [3.63, 3.8) is 0 Å². The lowest BCUT2D eigenvalue weighted by molar-refractivity contribution is 0.669. The number of fused-ring (bicyclic) bond motifs is 6. The van der Waals surface area contributed by atoms with Crippen LogP contribution in [0.25, 0.3) is 98.5 Å². The van der Waals surface area contributed by atoms with E-state index < -0.39 is 0 Å². The molecule has 0 bridgehead atoms. The van der Waals surface area contributed by atoms with Gasteiger partial charge in [0, 0.05) is 42.1 Å². The van der Waals surface area contributed by atoms with E-state index in [-0.39, 0.29) is 0 Å². The first-order valence-corrected chi connectivity index (χ1v) is 17.4. The van der Waals surface area contributed by atoms with Gasteiger partial charge in [0.15, 0.2) is 17.5 Å². The summed E-state index contributed by atoms with van der Waals surface area (Å²) in [6.45, 7) is 0. The summed E-state index contributed by atoms with van der Waals surface area (Å²) < 4.78 is 9.05. The minimum Gasteiger partial charge on any atom is -0.455 e. The fourth-order valence-corrected chi connectivity index (χ4v) is 8.02. The molecule has 3 aromatic heterocycles. The Bertz CT molecular complexity index is 2870. The maximum Gasteiger partial charge on any atom is 0.167 e. The van der Waals surface area contributed by atoms with Crippen LogP contribution in [-0.2, 0) is 0 Å². The van der Waals surface area contributed by atoms with Crippen LogP contribution in [0.5, 0.6) is 0 Å². The van der Waals surface area contributed by atoms with E-state index in [1.807, 2.05) is 53.8 Å². The van der Waals surface area contributed by atoms with Gasteiger partial charge in [-0.15, -0.1) is 11.3 Å². The van der Waals surface area contributed by atoms with Crippen molar-refractivity contribution in [1.29, 1.82) is 0 Å². The molecule has 0 aliphatic carbocycles. The SMILES string of the molecule is c1ccc(-c2ccccc2-c2nc(-c3ccc(-c4ccc5sc6ccccc6c5c4)cc3)nc(-c3cccc4c3oc3ccccc34)n2)cc1. The number of rotatable bonds is 5. The first kappa shape index (κ1) is 28.6. The fourth-order valence-electron chi connectivity index (χ4n) is 6.93. The second-order valence-corrected chi connectivity index (χ2v) is 13.5.